The Morgan fingerprint density at radius 3 is 2.48 bits per heavy atom. The van der Waals surface area contributed by atoms with Crippen LogP contribution in [0.2, 0.25) is 5.02 Å². The molecule has 27 heavy (non-hydrogen) atoms. The molecule has 0 saturated carbocycles. The molecule has 0 aliphatic rings. The van der Waals surface area contributed by atoms with Gasteiger partial charge in [0.2, 0.25) is 0 Å². The Morgan fingerprint density at radius 2 is 1.85 bits per heavy atom. The lowest BCUT2D eigenvalue weighted by atomic mass is 10.1. The highest BCUT2D eigenvalue weighted by molar-refractivity contribution is 6.32. The summed E-state index contributed by atoms with van der Waals surface area (Å²) in [7, 11) is 1.44. The molecule has 1 amide bonds. The normalized spacial score (nSPS) is 10.3. The Labute approximate surface area is 163 Å². The first-order valence-corrected chi connectivity index (χ1v) is 8.78. The van der Waals surface area contributed by atoms with E-state index in [0.29, 0.717) is 23.8 Å². The summed E-state index contributed by atoms with van der Waals surface area (Å²) in [6, 6.07) is 8.43. The molecule has 0 spiro atoms. The Kier molecular flexibility index (Phi) is 7.07. The Balaban J connectivity index is 2.01. The lowest BCUT2D eigenvalue weighted by Crippen LogP contribution is -2.21. The van der Waals surface area contributed by atoms with Gasteiger partial charge in [0, 0.05) is 5.69 Å². The minimum Gasteiger partial charge on any atom is -0.493 e. The van der Waals surface area contributed by atoms with Crippen LogP contribution in [0, 0.1) is 13.8 Å². The summed E-state index contributed by atoms with van der Waals surface area (Å²) in [6.07, 6.45) is 0. The molecular weight excluding hydrogens is 370 g/mol. The van der Waals surface area contributed by atoms with Gasteiger partial charge < -0.3 is 19.5 Å². The largest absolute Gasteiger partial charge is 0.493 e. The van der Waals surface area contributed by atoms with E-state index in [4.69, 9.17) is 25.8 Å². The second kappa shape index (κ2) is 9.28. The molecule has 0 unspecified atom stereocenters. The lowest BCUT2D eigenvalue weighted by molar-refractivity contribution is -0.119. The predicted octanol–water partition coefficient (Wildman–Crippen LogP) is 4.16. The summed E-state index contributed by atoms with van der Waals surface area (Å²) >= 11 is 6.14. The highest BCUT2D eigenvalue weighted by atomic mass is 35.5. The van der Waals surface area contributed by atoms with E-state index in [0.717, 1.165) is 11.1 Å². The van der Waals surface area contributed by atoms with E-state index in [-0.39, 0.29) is 10.6 Å². The van der Waals surface area contributed by atoms with Crippen LogP contribution in [0.4, 0.5) is 5.69 Å². The van der Waals surface area contributed by atoms with Crippen molar-refractivity contribution in [3.05, 3.63) is 52.0 Å². The number of anilines is 1. The van der Waals surface area contributed by atoms with Crippen molar-refractivity contribution >= 4 is 29.2 Å². The highest BCUT2D eigenvalue weighted by Gasteiger charge is 2.17. The molecule has 0 aliphatic heterocycles. The van der Waals surface area contributed by atoms with Crippen LogP contribution in [0.15, 0.2) is 30.3 Å². The predicted molar refractivity (Wildman–Crippen MR) is 104 cm³/mol. The average molecular weight is 392 g/mol. The van der Waals surface area contributed by atoms with Gasteiger partial charge in [0.1, 0.15) is 0 Å². The third-order valence-electron chi connectivity index (χ3n) is 3.88. The number of halogens is 1. The quantitative estimate of drug-likeness (QED) is 0.717. The number of benzene rings is 2. The van der Waals surface area contributed by atoms with Crippen molar-refractivity contribution in [2.45, 2.75) is 20.8 Å². The third kappa shape index (κ3) is 5.37. The summed E-state index contributed by atoms with van der Waals surface area (Å²) in [5.74, 6) is -0.453. The van der Waals surface area contributed by atoms with Gasteiger partial charge in [-0.3, -0.25) is 4.79 Å². The summed E-state index contributed by atoms with van der Waals surface area (Å²) in [6.45, 7) is 5.73. The number of aryl methyl sites for hydroxylation is 2. The number of nitrogens with one attached hydrogen (secondary N) is 1. The Bertz CT molecular complexity index is 851. The van der Waals surface area contributed by atoms with E-state index >= 15 is 0 Å². The molecule has 0 aliphatic carbocycles. The molecule has 0 heterocycles. The standard InChI is InChI=1S/C20H22ClNO5/c1-5-26-19-16(21)9-14(10-17(19)25-4)20(24)27-11-18(23)22-15-7-6-12(2)13(3)8-15/h6-10H,5,11H2,1-4H3,(H,22,23). The van der Waals surface area contributed by atoms with Crippen LogP contribution in [0.25, 0.3) is 0 Å². The minimum atomic E-state index is -0.687. The van der Waals surface area contributed by atoms with Crippen molar-refractivity contribution in [1.29, 1.82) is 0 Å². The van der Waals surface area contributed by atoms with Crippen molar-refractivity contribution in [3.8, 4) is 11.5 Å². The molecule has 6 nitrogen and oxygen atoms in total. The van der Waals surface area contributed by atoms with Crippen LogP contribution in [0.5, 0.6) is 11.5 Å². The average Bonchev–Trinajstić information content (AvgIpc) is 2.64. The molecule has 0 atom stereocenters. The molecule has 7 heteroatoms. The van der Waals surface area contributed by atoms with E-state index in [2.05, 4.69) is 5.32 Å². The van der Waals surface area contributed by atoms with Gasteiger partial charge in [0.25, 0.3) is 5.91 Å². The van der Waals surface area contributed by atoms with Gasteiger partial charge in [-0.2, -0.15) is 0 Å². The number of ether oxygens (including phenoxy) is 3. The first-order valence-electron chi connectivity index (χ1n) is 8.40. The van der Waals surface area contributed by atoms with Gasteiger partial charge in [-0.1, -0.05) is 17.7 Å². The monoisotopic (exact) mass is 391 g/mol. The van der Waals surface area contributed by atoms with E-state index in [1.54, 1.807) is 6.07 Å². The van der Waals surface area contributed by atoms with Crippen molar-refractivity contribution in [1.82, 2.24) is 0 Å². The van der Waals surface area contributed by atoms with Crippen molar-refractivity contribution in [2.24, 2.45) is 0 Å². The van der Waals surface area contributed by atoms with Gasteiger partial charge >= 0.3 is 5.97 Å². The Morgan fingerprint density at radius 1 is 1.11 bits per heavy atom. The van der Waals surface area contributed by atoms with Gasteiger partial charge in [0.15, 0.2) is 18.1 Å². The second-order valence-electron chi connectivity index (χ2n) is 5.85. The molecule has 144 valence electrons. The van der Waals surface area contributed by atoms with Gasteiger partial charge in [-0.25, -0.2) is 4.79 Å². The van der Waals surface area contributed by atoms with Gasteiger partial charge in [-0.05, 0) is 56.2 Å². The molecule has 0 bridgehead atoms. The van der Waals surface area contributed by atoms with Crippen LogP contribution in [0.3, 0.4) is 0 Å². The second-order valence-corrected chi connectivity index (χ2v) is 6.25. The molecule has 0 saturated heterocycles. The van der Waals surface area contributed by atoms with E-state index in [1.165, 1.54) is 19.2 Å². The van der Waals surface area contributed by atoms with Gasteiger partial charge in [-0.15, -0.1) is 0 Å². The fraction of sp³-hybridized carbons (Fsp3) is 0.300. The van der Waals surface area contributed by atoms with Crippen LogP contribution < -0.4 is 14.8 Å². The Hall–Kier alpha value is -2.73. The van der Waals surface area contributed by atoms with Crippen LogP contribution >= 0.6 is 11.6 Å². The minimum absolute atomic E-state index is 0.166. The van der Waals surface area contributed by atoms with Crippen molar-refractivity contribution in [3.63, 3.8) is 0 Å². The van der Waals surface area contributed by atoms with E-state index < -0.39 is 18.5 Å². The highest BCUT2D eigenvalue weighted by Crippen LogP contribution is 2.36. The zero-order valence-electron chi connectivity index (χ0n) is 15.7. The van der Waals surface area contributed by atoms with E-state index in [1.807, 2.05) is 32.9 Å². The molecule has 0 radical (unpaired) electrons. The number of esters is 1. The molecule has 0 fully saturated rings. The summed E-state index contributed by atoms with van der Waals surface area (Å²) in [5.41, 5.74) is 2.99. The SMILES string of the molecule is CCOc1c(Cl)cc(C(=O)OCC(=O)Nc2ccc(C)c(C)c2)cc1OC. The maximum absolute atomic E-state index is 12.2. The first kappa shape index (κ1) is 20.6. The number of rotatable bonds is 7. The van der Waals surface area contributed by atoms with Crippen molar-refractivity contribution in [2.75, 3.05) is 25.6 Å². The number of amides is 1. The maximum Gasteiger partial charge on any atom is 0.338 e. The fourth-order valence-electron chi connectivity index (χ4n) is 2.35. The zero-order valence-corrected chi connectivity index (χ0v) is 16.5. The number of hydrogen-bond acceptors (Lipinski definition) is 5. The van der Waals surface area contributed by atoms with Crippen LogP contribution in [0.1, 0.15) is 28.4 Å². The topological polar surface area (TPSA) is 73.9 Å². The lowest BCUT2D eigenvalue weighted by Gasteiger charge is -2.13. The van der Waals surface area contributed by atoms with Crippen LogP contribution in [-0.2, 0) is 9.53 Å². The molecular formula is C20H22ClNO5. The first-order chi connectivity index (χ1) is 12.8. The van der Waals surface area contributed by atoms with E-state index in [9.17, 15) is 9.59 Å². The summed E-state index contributed by atoms with van der Waals surface area (Å²) in [5, 5.41) is 2.91. The molecule has 2 rings (SSSR count). The van der Waals surface area contributed by atoms with Crippen LogP contribution in [-0.4, -0.2) is 32.2 Å². The summed E-state index contributed by atoms with van der Waals surface area (Å²) in [4.78, 5) is 24.2. The smallest absolute Gasteiger partial charge is 0.338 e. The molecule has 0 aromatic heterocycles. The van der Waals surface area contributed by atoms with Crippen molar-refractivity contribution < 1.29 is 23.8 Å². The third-order valence-corrected chi connectivity index (χ3v) is 4.16. The zero-order chi connectivity index (χ0) is 20.0. The summed E-state index contributed by atoms with van der Waals surface area (Å²) < 4.78 is 15.7. The maximum atomic E-state index is 12.2. The fourth-order valence-corrected chi connectivity index (χ4v) is 2.62. The van der Waals surface area contributed by atoms with Gasteiger partial charge in [0.05, 0.1) is 24.3 Å². The number of methoxy groups -OCH3 is 1. The molecule has 1 N–H and O–H groups in total. The molecule has 2 aromatic rings. The number of carbonyl (C=O) groups is 2. The number of hydrogen-bond donors (Lipinski definition) is 1. The molecule has 2 aromatic carbocycles. The number of carbonyl (C=O) groups excluding carboxylic acids is 2.